The van der Waals surface area contributed by atoms with Crippen LogP contribution in [0, 0.1) is 11.8 Å². The van der Waals surface area contributed by atoms with E-state index in [9.17, 15) is 22.8 Å². The molecule has 1 saturated heterocycles. The quantitative estimate of drug-likeness (QED) is 0.433. The van der Waals surface area contributed by atoms with E-state index in [2.05, 4.69) is 17.4 Å². The monoisotopic (exact) mass is 581 g/mol. The van der Waals surface area contributed by atoms with E-state index in [1.54, 1.807) is 49.2 Å². The lowest BCUT2D eigenvalue weighted by atomic mass is 9.79. The van der Waals surface area contributed by atoms with Gasteiger partial charge in [-0.2, -0.15) is 4.31 Å². The van der Waals surface area contributed by atoms with Crippen LogP contribution in [-0.2, 0) is 30.8 Å². The summed E-state index contributed by atoms with van der Waals surface area (Å²) in [7, 11) is -2.14. The van der Waals surface area contributed by atoms with Crippen LogP contribution in [0.25, 0.3) is 0 Å². The molecular weight excluding hydrogens is 538 g/mol. The van der Waals surface area contributed by atoms with Gasteiger partial charge in [0.25, 0.3) is 0 Å². The number of rotatable bonds is 11. The number of sulfonamides is 1. The number of nitrogens with zero attached hydrogens (tertiary/aromatic N) is 2. The van der Waals surface area contributed by atoms with Crippen LogP contribution in [0.2, 0.25) is 0 Å². The molecule has 1 fully saturated rings. The normalized spacial score (nSPS) is 21.2. The van der Waals surface area contributed by atoms with Crippen LogP contribution in [0.1, 0.15) is 63.5 Å². The molecule has 1 aliphatic heterocycles. The molecule has 1 N–H and O–H groups in total. The van der Waals surface area contributed by atoms with Crippen LogP contribution in [0.4, 0.5) is 0 Å². The molecule has 0 aromatic heterocycles. The average Bonchev–Trinajstić information content (AvgIpc) is 2.99. The minimum atomic E-state index is -3.85. The van der Waals surface area contributed by atoms with Gasteiger partial charge in [-0.3, -0.25) is 14.4 Å². The summed E-state index contributed by atoms with van der Waals surface area (Å²) in [5, 5.41) is 2.94. The molecule has 0 spiro atoms. The zero-order valence-electron chi connectivity index (χ0n) is 24.6. The summed E-state index contributed by atoms with van der Waals surface area (Å²) in [5.74, 6) is -1.14. The van der Waals surface area contributed by atoms with Crippen molar-refractivity contribution in [2.24, 2.45) is 11.8 Å². The van der Waals surface area contributed by atoms with E-state index in [0.29, 0.717) is 0 Å². The number of likely N-dealkylation sites (N-methyl/N-ethyl adjacent to an activating group) is 1. The summed E-state index contributed by atoms with van der Waals surface area (Å²) < 4.78 is 28.4. The largest absolute Gasteiger partial charge is 0.330 e. The van der Waals surface area contributed by atoms with Gasteiger partial charge in [-0.25, -0.2) is 8.42 Å². The van der Waals surface area contributed by atoms with Crippen LogP contribution in [0.15, 0.2) is 59.5 Å². The Morgan fingerprint density at radius 2 is 1.66 bits per heavy atom. The number of carbonyl (C=O) groups is 3. The number of amides is 1. The van der Waals surface area contributed by atoms with Crippen molar-refractivity contribution in [2.75, 3.05) is 26.7 Å². The molecule has 0 radical (unpaired) electrons. The van der Waals surface area contributed by atoms with E-state index in [1.807, 2.05) is 26.0 Å². The first-order chi connectivity index (χ1) is 19.5. The van der Waals surface area contributed by atoms with Gasteiger partial charge in [0.15, 0.2) is 5.78 Å². The highest BCUT2D eigenvalue weighted by molar-refractivity contribution is 7.89. The highest BCUT2D eigenvalue weighted by atomic mass is 32.2. The molecule has 9 heteroatoms. The maximum atomic E-state index is 14.1. The van der Waals surface area contributed by atoms with Gasteiger partial charge in [-0.1, -0.05) is 56.3 Å². The second-order valence-corrected chi connectivity index (χ2v) is 13.7. The van der Waals surface area contributed by atoms with Crippen molar-refractivity contribution in [3.8, 4) is 0 Å². The summed E-state index contributed by atoms with van der Waals surface area (Å²) in [6.45, 7) is 5.68. The topological polar surface area (TPSA) is 104 Å². The highest BCUT2D eigenvalue weighted by Gasteiger charge is 2.43. The predicted molar refractivity (Wildman–Crippen MR) is 159 cm³/mol. The van der Waals surface area contributed by atoms with Gasteiger partial charge in [0.2, 0.25) is 15.9 Å². The Labute approximate surface area is 244 Å². The second kappa shape index (κ2) is 13.4. The Balaban J connectivity index is 1.63. The molecule has 0 bridgehead atoms. The Kier molecular flexibility index (Phi) is 10.2. The Morgan fingerprint density at radius 1 is 0.976 bits per heavy atom. The number of Topliss-reactive ketones (excluding diaryl/α,β-unsaturated/α-hetero) is 2. The minimum Gasteiger partial charge on any atom is -0.330 e. The lowest BCUT2D eigenvalue weighted by Gasteiger charge is -2.42. The number of carbonyl (C=O) groups excluding carboxylic acids is 3. The van der Waals surface area contributed by atoms with Crippen molar-refractivity contribution < 1.29 is 22.8 Å². The fraction of sp³-hybridized carbons (Fsp3) is 0.531. The van der Waals surface area contributed by atoms with Gasteiger partial charge in [0, 0.05) is 38.4 Å². The predicted octanol–water partition coefficient (Wildman–Crippen LogP) is 3.81. The maximum Gasteiger partial charge on any atom is 0.243 e. The lowest BCUT2D eigenvalue weighted by molar-refractivity contribution is -0.148. The SMILES string of the molecule is CN[C@@H](C)C(=O)C[C@H](C(=O)N1CCN(S(=O)(=O)c2ccccc2)C[C@H]1C(=O)C[C@@H]1CCCc2ccccc21)C(C)C. The molecule has 0 saturated carbocycles. The summed E-state index contributed by atoms with van der Waals surface area (Å²) in [4.78, 5) is 42.7. The fourth-order valence-corrected chi connectivity index (χ4v) is 7.54. The summed E-state index contributed by atoms with van der Waals surface area (Å²) >= 11 is 0. The standard InChI is InChI=1S/C32H43N3O5S/c1-22(2)28(20-30(36)23(3)33-4)32(38)35-18-17-34(41(39,40)26-14-6-5-7-15-26)21-29(35)31(37)19-25-13-10-12-24-11-8-9-16-27(24)25/h5-9,11,14-16,22-23,25,28-29,33H,10,12-13,17-21H2,1-4H3/t23-,25-,28-,29-/m0/s1. The molecule has 1 amide bonds. The Bertz CT molecular complexity index is 1340. The van der Waals surface area contributed by atoms with E-state index in [4.69, 9.17) is 0 Å². The third kappa shape index (κ3) is 6.96. The second-order valence-electron chi connectivity index (χ2n) is 11.7. The summed E-state index contributed by atoms with van der Waals surface area (Å²) in [5.41, 5.74) is 2.42. The molecular formula is C32H43N3O5S. The zero-order valence-corrected chi connectivity index (χ0v) is 25.4. The first kappa shape index (κ1) is 31.1. The van der Waals surface area contributed by atoms with Crippen molar-refractivity contribution in [1.82, 2.24) is 14.5 Å². The first-order valence-corrected chi connectivity index (χ1v) is 16.1. The lowest BCUT2D eigenvalue weighted by Crippen LogP contribution is -2.60. The summed E-state index contributed by atoms with van der Waals surface area (Å²) in [6, 6.07) is 15.1. The number of benzene rings is 2. The Morgan fingerprint density at radius 3 is 2.34 bits per heavy atom. The van der Waals surface area contributed by atoms with Gasteiger partial charge in [-0.15, -0.1) is 0 Å². The number of fused-ring (bicyclic) bond motifs is 1. The number of nitrogens with one attached hydrogen (secondary N) is 1. The third-order valence-electron chi connectivity index (χ3n) is 8.78. The molecule has 2 aliphatic rings. The van der Waals surface area contributed by atoms with Gasteiger partial charge < -0.3 is 10.2 Å². The maximum absolute atomic E-state index is 14.1. The molecule has 1 heterocycles. The van der Waals surface area contributed by atoms with Crippen LogP contribution >= 0.6 is 0 Å². The van der Waals surface area contributed by atoms with Crippen molar-refractivity contribution in [3.63, 3.8) is 0 Å². The first-order valence-electron chi connectivity index (χ1n) is 14.7. The number of ketones is 2. The highest BCUT2D eigenvalue weighted by Crippen LogP contribution is 2.35. The number of hydrogen-bond acceptors (Lipinski definition) is 6. The van der Waals surface area contributed by atoms with Crippen molar-refractivity contribution >= 4 is 27.5 Å². The van der Waals surface area contributed by atoms with E-state index in [1.165, 1.54) is 15.4 Å². The van der Waals surface area contributed by atoms with E-state index >= 15 is 0 Å². The van der Waals surface area contributed by atoms with Gasteiger partial charge in [0.05, 0.1) is 10.9 Å². The Hall–Kier alpha value is -2.88. The third-order valence-corrected chi connectivity index (χ3v) is 10.7. The minimum absolute atomic E-state index is 0.0319. The van der Waals surface area contributed by atoms with Gasteiger partial charge in [-0.05, 0) is 68.3 Å². The van der Waals surface area contributed by atoms with E-state index in [0.717, 1.165) is 19.3 Å². The van der Waals surface area contributed by atoms with Crippen molar-refractivity contribution in [2.45, 2.75) is 75.8 Å². The fourth-order valence-electron chi connectivity index (χ4n) is 6.08. The van der Waals surface area contributed by atoms with E-state index in [-0.39, 0.29) is 72.7 Å². The molecule has 4 rings (SSSR count). The summed E-state index contributed by atoms with van der Waals surface area (Å²) in [6.07, 6.45) is 3.15. The van der Waals surface area contributed by atoms with Gasteiger partial charge >= 0.3 is 0 Å². The zero-order chi connectivity index (χ0) is 29.7. The number of aryl methyl sites for hydroxylation is 1. The molecule has 2 aromatic rings. The van der Waals surface area contributed by atoms with Crippen LogP contribution in [0.5, 0.6) is 0 Å². The van der Waals surface area contributed by atoms with Crippen LogP contribution in [-0.4, -0.2) is 73.9 Å². The molecule has 222 valence electrons. The molecule has 4 atom stereocenters. The van der Waals surface area contributed by atoms with Crippen molar-refractivity contribution in [3.05, 3.63) is 65.7 Å². The van der Waals surface area contributed by atoms with Gasteiger partial charge in [0.1, 0.15) is 11.8 Å². The van der Waals surface area contributed by atoms with Crippen LogP contribution in [0.3, 0.4) is 0 Å². The van der Waals surface area contributed by atoms with Crippen LogP contribution < -0.4 is 5.32 Å². The molecule has 41 heavy (non-hydrogen) atoms. The average molecular weight is 582 g/mol. The van der Waals surface area contributed by atoms with Crippen molar-refractivity contribution in [1.29, 1.82) is 0 Å². The number of hydrogen-bond donors (Lipinski definition) is 1. The number of piperazine rings is 1. The molecule has 0 unspecified atom stereocenters. The van der Waals surface area contributed by atoms with E-state index < -0.39 is 22.0 Å². The smallest absolute Gasteiger partial charge is 0.243 e. The molecule has 2 aromatic carbocycles. The molecule has 1 aliphatic carbocycles. The molecule has 8 nitrogen and oxygen atoms in total.